The molecule has 2 heterocycles. The highest BCUT2D eigenvalue weighted by Crippen LogP contribution is 2.13. The van der Waals surface area contributed by atoms with Crippen molar-refractivity contribution in [1.29, 1.82) is 5.26 Å². The Bertz CT molecular complexity index is 749. The van der Waals surface area contributed by atoms with Gasteiger partial charge in [0.1, 0.15) is 11.6 Å². The van der Waals surface area contributed by atoms with Gasteiger partial charge in [-0.2, -0.15) is 5.26 Å². The maximum absolute atomic E-state index is 8.50. The van der Waals surface area contributed by atoms with Crippen LogP contribution in [0, 0.1) is 25.2 Å². The van der Waals surface area contributed by atoms with E-state index in [4.69, 9.17) is 5.26 Å². The summed E-state index contributed by atoms with van der Waals surface area (Å²) >= 11 is 0. The van der Waals surface area contributed by atoms with Crippen molar-refractivity contribution in [3.05, 3.63) is 59.9 Å². The predicted molar refractivity (Wildman–Crippen MR) is 86.1 cm³/mol. The van der Waals surface area contributed by atoms with Crippen molar-refractivity contribution in [3.63, 3.8) is 0 Å². The Hall–Kier alpha value is -2.87. The van der Waals surface area contributed by atoms with Crippen LogP contribution in [0.3, 0.4) is 0 Å². The molecular formula is C17H19N5. The van der Waals surface area contributed by atoms with Crippen LogP contribution >= 0.6 is 0 Å². The minimum absolute atomic E-state index is 0.0822. The second-order valence-corrected chi connectivity index (χ2v) is 5.06. The molecule has 0 saturated heterocycles. The first-order valence-electron chi connectivity index (χ1n) is 7.08. The molecule has 5 nitrogen and oxygen atoms in total. The molecule has 3 rings (SSSR count). The number of nitriles is 1. The molecule has 2 N–H and O–H groups in total. The highest BCUT2D eigenvalue weighted by atomic mass is 14.9. The Morgan fingerprint density at radius 1 is 1.05 bits per heavy atom. The number of nitrogens with zero attached hydrogens (tertiary/aromatic N) is 3. The van der Waals surface area contributed by atoms with Crippen LogP contribution in [0.4, 0.5) is 0 Å². The SMILES string of the molecule is Cc1cnc(-c2ccccc2)[nH]1.Cc1ncc(C(C)C#N)[nH]1. The number of nitrogens with one attached hydrogen (secondary N) is 2. The summed E-state index contributed by atoms with van der Waals surface area (Å²) < 4.78 is 0. The van der Waals surface area contributed by atoms with Crippen molar-refractivity contribution in [2.75, 3.05) is 0 Å². The van der Waals surface area contributed by atoms with E-state index in [-0.39, 0.29) is 5.92 Å². The topological polar surface area (TPSA) is 81.2 Å². The van der Waals surface area contributed by atoms with Gasteiger partial charge in [0.15, 0.2) is 0 Å². The van der Waals surface area contributed by atoms with Crippen molar-refractivity contribution in [3.8, 4) is 17.5 Å². The van der Waals surface area contributed by atoms with Crippen LogP contribution < -0.4 is 0 Å². The maximum Gasteiger partial charge on any atom is 0.137 e. The zero-order chi connectivity index (χ0) is 15.9. The molecular weight excluding hydrogens is 274 g/mol. The summed E-state index contributed by atoms with van der Waals surface area (Å²) in [6, 6.07) is 12.2. The fourth-order valence-corrected chi connectivity index (χ4v) is 1.88. The molecule has 3 aromatic rings. The molecule has 5 heteroatoms. The van der Waals surface area contributed by atoms with Gasteiger partial charge >= 0.3 is 0 Å². The van der Waals surface area contributed by atoms with E-state index in [1.807, 2.05) is 57.3 Å². The van der Waals surface area contributed by atoms with Crippen molar-refractivity contribution in [1.82, 2.24) is 19.9 Å². The molecule has 1 atom stereocenters. The molecule has 0 amide bonds. The van der Waals surface area contributed by atoms with Gasteiger partial charge in [-0.3, -0.25) is 0 Å². The van der Waals surface area contributed by atoms with E-state index in [2.05, 4.69) is 26.0 Å². The van der Waals surface area contributed by atoms with Crippen LogP contribution in [0.15, 0.2) is 42.7 Å². The van der Waals surface area contributed by atoms with E-state index in [1.54, 1.807) is 6.20 Å². The van der Waals surface area contributed by atoms with Gasteiger partial charge in [0.05, 0.1) is 17.7 Å². The van der Waals surface area contributed by atoms with Crippen LogP contribution in [-0.4, -0.2) is 19.9 Å². The van der Waals surface area contributed by atoms with Crippen molar-refractivity contribution in [2.24, 2.45) is 0 Å². The first-order chi connectivity index (χ1) is 10.6. The number of benzene rings is 1. The van der Waals surface area contributed by atoms with Gasteiger partial charge in [-0.25, -0.2) is 9.97 Å². The Kier molecular flexibility index (Phi) is 5.10. The van der Waals surface area contributed by atoms with Crippen molar-refractivity contribution < 1.29 is 0 Å². The number of imidazole rings is 2. The summed E-state index contributed by atoms with van der Waals surface area (Å²) in [7, 11) is 0. The average molecular weight is 293 g/mol. The smallest absolute Gasteiger partial charge is 0.137 e. The molecule has 0 aliphatic heterocycles. The molecule has 1 aromatic carbocycles. The van der Waals surface area contributed by atoms with Crippen LogP contribution in [0.2, 0.25) is 0 Å². The summed E-state index contributed by atoms with van der Waals surface area (Å²) in [5.74, 6) is 1.71. The number of aromatic amines is 2. The number of hydrogen-bond donors (Lipinski definition) is 2. The monoisotopic (exact) mass is 293 g/mol. The van der Waals surface area contributed by atoms with Gasteiger partial charge in [0, 0.05) is 23.7 Å². The molecule has 0 spiro atoms. The number of hydrogen-bond acceptors (Lipinski definition) is 3. The van der Waals surface area contributed by atoms with E-state index >= 15 is 0 Å². The first-order valence-corrected chi connectivity index (χ1v) is 7.08. The van der Waals surface area contributed by atoms with Gasteiger partial charge in [0.25, 0.3) is 0 Å². The van der Waals surface area contributed by atoms with E-state index in [0.29, 0.717) is 0 Å². The van der Waals surface area contributed by atoms with Crippen LogP contribution in [0.1, 0.15) is 30.1 Å². The van der Waals surface area contributed by atoms with E-state index in [9.17, 15) is 0 Å². The highest BCUT2D eigenvalue weighted by Gasteiger charge is 2.04. The van der Waals surface area contributed by atoms with Crippen molar-refractivity contribution >= 4 is 0 Å². The van der Waals surface area contributed by atoms with Gasteiger partial charge < -0.3 is 9.97 Å². The van der Waals surface area contributed by atoms with E-state index in [0.717, 1.165) is 28.6 Å². The number of aromatic nitrogens is 4. The summed E-state index contributed by atoms with van der Waals surface area (Å²) in [4.78, 5) is 14.4. The van der Waals surface area contributed by atoms with Crippen LogP contribution in [0.25, 0.3) is 11.4 Å². The molecule has 112 valence electrons. The maximum atomic E-state index is 8.50. The number of aryl methyl sites for hydroxylation is 2. The molecule has 0 aliphatic carbocycles. The van der Waals surface area contributed by atoms with Crippen LogP contribution in [-0.2, 0) is 0 Å². The molecule has 1 unspecified atom stereocenters. The lowest BCUT2D eigenvalue weighted by molar-refractivity contribution is 0.927. The zero-order valence-electron chi connectivity index (χ0n) is 13.0. The van der Waals surface area contributed by atoms with Gasteiger partial charge in [-0.1, -0.05) is 30.3 Å². The minimum atomic E-state index is -0.0822. The molecule has 2 aromatic heterocycles. The van der Waals surface area contributed by atoms with Gasteiger partial charge in [0.2, 0.25) is 0 Å². The van der Waals surface area contributed by atoms with Gasteiger partial charge in [-0.05, 0) is 20.8 Å². The Morgan fingerprint density at radius 2 is 1.77 bits per heavy atom. The Labute approximate surface area is 130 Å². The Morgan fingerprint density at radius 3 is 2.27 bits per heavy atom. The fraction of sp³-hybridized carbons (Fsp3) is 0.235. The third-order valence-corrected chi connectivity index (χ3v) is 3.13. The lowest BCUT2D eigenvalue weighted by Crippen LogP contribution is -1.88. The van der Waals surface area contributed by atoms with Crippen LogP contribution in [0.5, 0.6) is 0 Å². The highest BCUT2D eigenvalue weighted by molar-refractivity contribution is 5.54. The van der Waals surface area contributed by atoms with Crippen molar-refractivity contribution in [2.45, 2.75) is 26.7 Å². The third-order valence-electron chi connectivity index (χ3n) is 3.13. The largest absolute Gasteiger partial charge is 0.345 e. The summed E-state index contributed by atoms with van der Waals surface area (Å²) in [5.41, 5.74) is 3.11. The van der Waals surface area contributed by atoms with E-state index < -0.39 is 0 Å². The summed E-state index contributed by atoms with van der Waals surface area (Å²) in [6.07, 6.45) is 3.53. The Balaban J connectivity index is 0.000000164. The first kappa shape index (κ1) is 15.5. The predicted octanol–water partition coefficient (Wildman–Crippen LogP) is 3.73. The molecule has 0 radical (unpaired) electrons. The molecule has 0 aliphatic rings. The second-order valence-electron chi connectivity index (χ2n) is 5.06. The second kappa shape index (κ2) is 7.23. The third kappa shape index (κ3) is 4.06. The minimum Gasteiger partial charge on any atom is -0.345 e. The average Bonchev–Trinajstić information content (AvgIpc) is 3.17. The zero-order valence-corrected chi connectivity index (χ0v) is 13.0. The number of rotatable bonds is 2. The number of H-pyrrole nitrogens is 2. The lowest BCUT2D eigenvalue weighted by Gasteiger charge is -1.93. The normalized spacial score (nSPS) is 11.2. The standard InChI is InChI=1S/C10H10N2.C7H9N3/c1-8-7-11-10(12-8)9-5-3-2-4-6-9;1-5(3-8)7-4-9-6(2)10-7/h2-7H,1H3,(H,11,12);4-5H,1-2H3,(H,9,10). The summed E-state index contributed by atoms with van der Waals surface area (Å²) in [5, 5.41) is 8.50. The van der Waals surface area contributed by atoms with E-state index in [1.165, 1.54) is 0 Å². The molecule has 0 saturated carbocycles. The molecule has 22 heavy (non-hydrogen) atoms. The molecule has 0 fully saturated rings. The quantitative estimate of drug-likeness (QED) is 0.755. The summed E-state index contributed by atoms with van der Waals surface area (Å²) in [6.45, 7) is 5.71. The van der Waals surface area contributed by atoms with Gasteiger partial charge in [-0.15, -0.1) is 0 Å². The lowest BCUT2D eigenvalue weighted by atomic mass is 10.1. The molecule has 0 bridgehead atoms. The fourth-order valence-electron chi connectivity index (χ4n) is 1.88.